The molecule has 0 aromatic heterocycles. The minimum Gasteiger partial charge on any atom is -0.462 e. The lowest BCUT2D eigenvalue weighted by molar-refractivity contribution is -0.161. The van der Waals surface area contributed by atoms with Gasteiger partial charge < -0.3 is 44.6 Å². The van der Waals surface area contributed by atoms with Gasteiger partial charge in [-0.3, -0.25) is 23.2 Å². The van der Waals surface area contributed by atoms with Gasteiger partial charge in [-0.2, -0.15) is 0 Å². The average molecular weight is 857 g/mol. The highest BCUT2D eigenvalue weighted by Gasteiger charge is 2.28. The SMILES string of the molecule is CCCCC[C@@H](O)/C=C/C=C\C=C\C=C\[C@@H](O)[C@H](O)CCCC(=O)OC[C@H](COP(=O)(O)OC[C@@H](O)COP(=O)(O)O)OC(=O)CCCCCCCCCC(C)C. The van der Waals surface area contributed by atoms with Crippen LogP contribution in [0.2, 0.25) is 0 Å². The first-order chi connectivity index (χ1) is 26.9. The van der Waals surface area contributed by atoms with Gasteiger partial charge in [0.1, 0.15) is 12.7 Å². The molecule has 6 atom stereocenters. The predicted octanol–water partition coefficient (Wildman–Crippen LogP) is 6.27. The molecule has 332 valence electrons. The van der Waals surface area contributed by atoms with Crippen LogP contribution >= 0.6 is 15.6 Å². The van der Waals surface area contributed by atoms with Crippen LogP contribution in [-0.2, 0) is 41.8 Å². The molecule has 0 saturated heterocycles. The van der Waals surface area contributed by atoms with E-state index >= 15 is 0 Å². The molecule has 0 aromatic rings. The fourth-order valence-corrected chi connectivity index (χ4v) is 6.19. The number of esters is 2. The van der Waals surface area contributed by atoms with Crippen molar-refractivity contribution >= 4 is 27.6 Å². The first-order valence-electron chi connectivity index (χ1n) is 20.0. The van der Waals surface area contributed by atoms with Crippen LogP contribution < -0.4 is 0 Å². The van der Waals surface area contributed by atoms with Crippen LogP contribution in [0.1, 0.15) is 124 Å². The van der Waals surface area contributed by atoms with Crippen molar-refractivity contribution in [2.75, 3.05) is 26.4 Å². The van der Waals surface area contributed by atoms with Crippen molar-refractivity contribution < 1.29 is 76.9 Å². The van der Waals surface area contributed by atoms with Crippen LogP contribution in [0.5, 0.6) is 0 Å². The monoisotopic (exact) mass is 856 g/mol. The summed E-state index contributed by atoms with van der Waals surface area (Å²) in [5.41, 5.74) is 0. The summed E-state index contributed by atoms with van der Waals surface area (Å²) in [7, 11) is -9.78. The second kappa shape index (κ2) is 33.8. The zero-order valence-electron chi connectivity index (χ0n) is 33.9. The molecule has 0 amide bonds. The van der Waals surface area contributed by atoms with E-state index in [-0.39, 0.29) is 25.7 Å². The van der Waals surface area contributed by atoms with Gasteiger partial charge in [-0.15, -0.1) is 0 Å². The van der Waals surface area contributed by atoms with E-state index in [2.05, 4.69) is 29.8 Å². The second-order valence-electron chi connectivity index (χ2n) is 14.3. The quantitative estimate of drug-likeness (QED) is 0.0159. The van der Waals surface area contributed by atoms with E-state index in [1.54, 1.807) is 42.5 Å². The van der Waals surface area contributed by atoms with E-state index < -0.39 is 84.5 Å². The molecular weight excluding hydrogens is 786 g/mol. The van der Waals surface area contributed by atoms with Gasteiger partial charge in [-0.1, -0.05) is 134 Å². The Labute approximate surface area is 338 Å². The first kappa shape index (κ1) is 55.0. The Hall–Kier alpha value is -2.04. The van der Waals surface area contributed by atoms with Gasteiger partial charge >= 0.3 is 27.6 Å². The minimum absolute atomic E-state index is 0.0552. The first-order valence-corrected chi connectivity index (χ1v) is 23.0. The van der Waals surface area contributed by atoms with Crippen molar-refractivity contribution in [1.82, 2.24) is 0 Å². The van der Waals surface area contributed by atoms with Crippen LogP contribution in [-0.4, -0.2) is 104 Å². The molecule has 0 aliphatic heterocycles. The number of unbranched alkanes of at least 4 members (excludes halogenated alkanes) is 8. The highest BCUT2D eigenvalue weighted by atomic mass is 31.2. The Morgan fingerprint density at radius 3 is 1.77 bits per heavy atom. The summed E-state index contributed by atoms with van der Waals surface area (Å²) in [4.78, 5) is 52.5. The Balaban J connectivity index is 4.87. The smallest absolute Gasteiger partial charge is 0.462 e. The summed E-state index contributed by atoms with van der Waals surface area (Å²) in [5, 5.41) is 40.1. The fraction of sp³-hybridized carbons (Fsp3) is 0.744. The molecule has 7 N–H and O–H groups in total. The standard InChI is InChI=1S/C39H70O16P2/c1-4-5-15-22-33(40)23-17-12-9-10-13-18-24-36(42)37(43)25-20-27-38(44)51-30-35(31-54-57(49,50)53-29-34(41)28-52-56(46,47)48)55-39(45)26-19-14-8-6-7-11-16-21-32(2)3/h9-10,12-13,17-18,23-24,32-37,40-43H,4-8,11,14-16,19-22,25-31H2,1-3H3,(H,49,50)(H2,46,47,48)/b12-9-,13-10+,23-17+,24-18+/t33-,34+,35-,36-,37-/m1/s1. The van der Waals surface area contributed by atoms with Gasteiger partial charge in [0.2, 0.25) is 0 Å². The maximum absolute atomic E-state index is 12.6. The van der Waals surface area contributed by atoms with Crippen molar-refractivity contribution in [2.45, 2.75) is 154 Å². The zero-order valence-corrected chi connectivity index (χ0v) is 35.7. The van der Waals surface area contributed by atoms with E-state index in [1.807, 2.05) is 0 Å². The molecule has 16 nitrogen and oxygen atoms in total. The zero-order chi connectivity index (χ0) is 43.0. The lowest BCUT2D eigenvalue weighted by Gasteiger charge is -2.20. The summed E-state index contributed by atoms with van der Waals surface area (Å²) in [6, 6.07) is 0. The summed E-state index contributed by atoms with van der Waals surface area (Å²) >= 11 is 0. The van der Waals surface area contributed by atoms with Crippen molar-refractivity contribution in [3.63, 3.8) is 0 Å². The van der Waals surface area contributed by atoms with E-state index in [0.29, 0.717) is 12.3 Å². The van der Waals surface area contributed by atoms with E-state index in [4.69, 9.17) is 23.8 Å². The maximum atomic E-state index is 12.6. The van der Waals surface area contributed by atoms with Crippen LogP contribution in [0.3, 0.4) is 0 Å². The lowest BCUT2D eigenvalue weighted by atomic mass is 10.0. The van der Waals surface area contributed by atoms with Gasteiger partial charge in [0.05, 0.1) is 38.1 Å². The molecule has 0 aliphatic carbocycles. The Bertz CT molecular complexity index is 1260. The number of hydrogen-bond acceptors (Lipinski definition) is 13. The molecule has 57 heavy (non-hydrogen) atoms. The normalized spacial score (nSPS) is 16.4. The second-order valence-corrected chi connectivity index (χ2v) is 16.9. The summed E-state index contributed by atoms with van der Waals surface area (Å²) in [6.45, 7) is 3.44. The van der Waals surface area contributed by atoms with Crippen molar-refractivity contribution in [3.05, 3.63) is 48.6 Å². The largest absolute Gasteiger partial charge is 0.472 e. The number of allylic oxidation sites excluding steroid dienone is 6. The van der Waals surface area contributed by atoms with Crippen LogP contribution in [0.15, 0.2) is 48.6 Å². The van der Waals surface area contributed by atoms with Gasteiger partial charge in [-0.05, 0) is 31.6 Å². The van der Waals surface area contributed by atoms with Gasteiger partial charge in [-0.25, -0.2) is 9.13 Å². The number of carbonyl (C=O) groups is 2. The molecule has 0 rings (SSSR count). The fourth-order valence-electron chi connectivity index (χ4n) is 5.03. The highest BCUT2D eigenvalue weighted by Crippen LogP contribution is 2.43. The summed E-state index contributed by atoms with van der Waals surface area (Å²) < 4.78 is 47.3. The molecule has 18 heteroatoms. The number of aliphatic hydroxyl groups excluding tert-OH is 4. The molecule has 1 unspecified atom stereocenters. The molecule has 0 saturated carbocycles. The maximum Gasteiger partial charge on any atom is 0.472 e. The van der Waals surface area contributed by atoms with Crippen LogP contribution in [0.4, 0.5) is 0 Å². The average Bonchev–Trinajstić information content (AvgIpc) is 3.14. The van der Waals surface area contributed by atoms with Gasteiger partial charge in [0.15, 0.2) is 6.10 Å². The number of phosphoric ester groups is 2. The van der Waals surface area contributed by atoms with Gasteiger partial charge in [0, 0.05) is 12.8 Å². The molecule has 0 fully saturated rings. The molecule has 0 spiro atoms. The third-order valence-electron chi connectivity index (χ3n) is 8.26. The van der Waals surface area contributed by atoms with E-state index in [1.165, 1.54) is 25.3 Å². The van der Waals surface area contributed by atoms with Crippen molar-refractivity contribution in [1.29, 1.82) is 0 Å². The van der Waals surface area contributed by atoms with E-state index in [0.717, 1.165) is 51.4 Å². The highest BCUT2D eigenvalue weighted by molar-refractivity contribution is 7.47. The number of ether oxygens (including phenoxy) is 2. The third kappa shape index (κ3) is 36.8. The Kier molecular flexibility index (Phi) is 32.5. The predicted molar refractivity (Wildman–Crippen MR) is 216 cm³/mol. The minimum atomic E-state index is -4.90. The van der Waals surface area contributed by atoms with Crippen molar-refractivity contribution in [2.24, 2.45) is 5.92 Å². The van der Waals surface area contributed by atoms with Gasteiger partial charge in [0.25, 0.3) is 0 Å². The van der Waals surface area contributed by atoms with E-state index in [9.17, 15) is 44.0 Å². The molecule has 0 heterocycles. The Morgan fingerprint density at radius 1 is 0.596 bits per heavy atom. The molecular formula is C39H70O16P2. The topological polar surface area (TPSA) is 256 Å². The lowest BCUT2D eigenvalue weighted by Crippen LogP contribution is -2.30. The number of hydrogen-bond donors (Lipinski definition) is 7. The number of phosphoric acid groups is 2. The van der Waals surface area contributed by atoms with Crippen LogP contribution in [0, 0.1) is 5.92 Å². The van der Waals surface area contributed by atoms with Crippen LogP contribution in [0.25, 0.3) is 0 Å². The number of aliphatic hydroxyl groups is 4. The molecule has 0 radical (unpaired) electrons. The van der Waals surface area contributed by atoms with Crippen molar-refractivity contribution in [3.8, 4) is 0 Å². The molecule has 0 aliphatic rings. The number of carbonyl (C=O) groups excluding carboxylic acids is 2. The summed E-state index contributed by atoms with van der Waals surface area (Å²) in [6.07, 6.45) is 19.5. The Morgan fingerprint density at radius 2 is 1.14 bits per heavy atom. The molecule has 0 aromatic carbocycles. The number of rotatable bonds is 36. The third-order valence-corrected chi connectivity index (χ3v) is 9.69. The molecule has 0 bridgehead atoms. The summed E-state index contributed by atoms with van der Waals surface area (Å²) in [5.74, 6) is -0.682.